The van der Waals surface area contributed by atoms with E-state index in [2.05, 4.69) is 182 Å². The number of nitrogens with one attached hydrogen (secondary N) is 1. The zero-order chi connectivity index (χ0) is 33.4. The summed E-state index contributed by atoms with van der Waals surface area (Å²) in [6.07, 6.45) is 0. The van der Waals surface area contributed by atoms with Crippen LogP contribution in [0.1, 0.15) is 35.9 Å². The molecule has 7 aromatic carbocycles. The van der Waals surface area contributed by atoms with Crippen molar-refractivity contribution in [3.63, 3.8) is 0 Å². The minimum absolute atomic E-state index is 0.0861. The van der Waals surface area contributed by atoms with Crippen LogP contribution >= 0.6 is 23.1 Å². The summed E-state index contributed by atoms with van der Waals surface area (Å²) in [5, 5.41) is 6.64. The van der Waals surface area contributed by atoms with Gasteiger partial charge in [0, 0.05) is 37.2 Å². The molecule has 2 nitrogen and oxygen atoms in total. The second kappa shape index (κ2) is 11.4. The number of fused-ring (bicyclic) bond motifs is 7. The van der Waals surface area contributed by atoms with E-state index >= 15 is 0 Å². The third kappa shape index (κ3) is 4.63. The maximum atomic E-state index is 3.79. The van der Waals surface area contributed by atoms with E-state index in [0.29, 0.717) is 0 Å². The first-order valence-corrected chi connectivity index (χ1v) is 18.9. The first-order valence-electron chi connectivity index (χ1n) is 17.2. The van der Waals surface area contributed by atoms with Crippen molar-refractivity contribution in [3.8, 4) is 22.3 Å². The highest BCUT2D eigenvalue weighted by atomic mass is 32.2. The van der Waals surface area contributed by atoms with Crippen molar-refractivity contribution < 1.29 is 0 Å². The van der Waals surface area contributed by atoms with Crippen LogP contribution in [-0.2, 0) is 5.41 Å². The summed E-state index contributed by atoms with van der Waals surface area (Å²) in [4.78, 5) is 3.78. The third-order valence-corrected chi connectivity index (χ3v) is 12.9. The van der Waals surface area contributed by atoms with Gasteiger partial charge in [-0.2, -0.15) is 0 Å². The highest BCUT2D eigenvalue weighted by molar-refractivity contribution is 8.00. The molecule has 1 aromatic heterocycles. The van der Waals surface area contributed by atoms with Gasteiger partial charge in [0.2, 0.25) is 0 Å². The third-order valence-electron chi connectivity index (χ3n) is 10.5. The molecule has 0 saturated heterocycles. The molecule has 50 heavy (non-hydrogen) atoms. The van der Waals surface area contributed by atoms with Crippen molar-refractivity contribution in [2.45, 2.75) is 29.5 Å². The van der Waals surface area contributed by atoms with Crippen LogP contribution in [0.2, 0.25) is 0 Å². The summed E-state index contributed by atoms with van der Waals surface area (Å²) >= 11 is 3.80. The minimum Gasteiger partial charge on any atom is -0.368 e. The predicted molar refractivity (Wildman–Crippen MR) is 216 cm³/mol. The molecular formula is C46H34N2S2. The molecule has 0 amide bonds. The summed E-state index contributed by atoms with van der Waals surface area (Å²) in [6, 6.07) is 58.0. The quantitative estimate of drug-likeness (QED) is 0.195. The molecule has 2 aliphatic rings. The molecule has 1 atom stereocenters. The van der Waals surface area contributed by atoms with Gasteiger partial charge < -0.3 is 10.2 Å². The summed E-state index contributed by atoms with van der Waals surface area (Å²) in [5.74, 6) is 0. The molecule has 2 heterocycles. The lowest BCUT2D eigenvalue weighted by Gasteiger charge is -2.28. The van der Waals surface area contributed by atoms with Crippen molar-refractivity contribution >= 4 is 66.0 Å². The molecule has 240 valence electrons. The molecule has 8 aromatic rings. The van der Waals surface area contributed by atoms with Gasteiger partial charge in [-0.25, -0.2) is 0 Å². The lowest BCUT2D eigenvalue weighted by molar-refractivity contribution is 0.660. The molecule has 10 rings (SSSR count). The van der Waals surface area contributed by atoms with Gasteiger partial charge in [0.05, 0.1) is 16.1 Å². The Labute approximate surface area is 301 Å². The van der Waals surface area contributed by atoms with Crippen molar-refractivity contribution in [2.24, 2.45) is 0 Å². The number of hydrogen-bond donors (Lipinski definition) is 1. The Morgan fingerprint density at radius 3 is 2.10 bits per heavy atom. The van der Waals surface area contributed by atoms with E-state index in [1.165, 1.54) is 81.1 Å². The highest BCUT2D eigenvalue weighted by Crippen LogP contribution is 2.53. The van der Waals surface area contributed by atoms with Crippen LogP contribution in [-0.4, -0.2) is 0 Å². The van der Waals surface area contributed by atoms with Crippen molar-refractivity contribution in [1.82, 2.24) is 0 Å². The van der Waals surface area contributed by atoms with Gasteiger partial charge in [0.15, 0.2) is 0 Å². The largest absolute Gasteiger partial charge is 0.368 e. The highest BCUT2D eigenvalue weighted by Gasteiger charge is 2.36. The van der Waals surface area contributed by atoms with Gasteiger partial charge in [-0.15, -0.1) is 11.3 Å². The van der Waals surface area contributed by atoms with Crippen LogP contribution in [0.25, 0.3) is 42.4 Å². The number of thioether (sulfide) groups is 1. The zero-order valence-corrected chi connectivity index (χ0v) is 29.5. The topological polar surface area (TPSA) is 15.3 Å². The smallest absolute Gasteiger partial charge is 0.103 e. The SMILES string of the molecule is CC1(C)c2ccccc2-c2ccc(N(c3ccc(-c4ccccc4)cc3)c3cccc4c3sc3cc5c(cc34)SC(c3ccccc3)N5)cc21. The van der Waals surface area contributed by atoms with E-state index in [0.717, 1.165) is 5.69 Å². The van der Waals surface area contributed by atoms with Crippen molar-refractivity contribution in [1.29, 1.82) is 0 Å². The summed E-state index contributed by atoms with van der Waals surface area (Å²) in [5.41, 5.74) is 13.9. The maximum Gasteiger partial charge on any atom is 0.103 e. The number of nitrogens with zero attached hydrogens (tertiary/aromatic N) is 1. The Bertz CT molecular complexity index is 2570. The van der Waals surface area contributed by atoms with Crippen LogP contribution in [0.3, 0.4) is 0 Å². The van der Waals surface area contributed by atoms with Gasteiger partial charge in [-0.05, 0) is 81.4 Å². The molecule has 0 bridgehead atoms. The van der Waals surface area contributed by atoms with Crippen LogP contribution < -0.4 is 10.2 Å². The van der Waals surface area contributed by atoms with E-state index < -0.39 is 0 Å². The molecule has 1 unspecified atom stereocenters. The maximum absolute atomic E-state index is 3.79. The van der Waals surface area contributed by atoms with Gasteiger partial charge in [-0.1, -0.05) is 141 Å². The molecule has 0 saturated carbocycles. The van der Waals surface area contributed by atoms with Crippen LogP contribution in [0.4, 0.5) is 22.7 Å². The Morgan fingerprint density at radius 2 is 1.28 bits per heavy atom. The molecule has 0 radical (unpaired) electrons. The average molecular weight is 679 g/mol. The van der Waals surface area contributed by atoms with Crippen LogP contribution in [0.5, 0.6) is 0 Å². The fraction of sp³-hybridized carbons (Fsp3) is 0.0870. The molecule has 4 heteroatoms. The van der Waals surface area contributed by atoms with Gasteiger partial charge in [-0.3, -0.25) is 0 Å². The molecule has 1 aliphatic carbocycles. The molecule has 0 spiro atoms. The monoisotopic (exact) mass is 678 g/mol. The Hall–Kier alpha value is -5.29. The normalized spacial score (nSPS) is 15.4. The number of thiophene rings is 1. The summed E-state index contributed by atoms with van der Waals surface area (Å²) in [6.45, 7) is 4.72. The summed E-state index contributed by atoms with van der Waals surface area (Å²) < 4.78 is 2.60. The van der Waals surface area contributed by atoms with E-state index in [9.17, 15) is 0 Å². The van der Waals surface area contributed by atoms with Crippen molar-refractivity contribution in [3.05, 3.63) is 174 Å². The number of anilines is 4. The molecule has 1 aliphatic heterocycles. The lowest BCUT2D eigenvalue weighted by Crippen LogP contribution is -2.16. The number of hydrogen-bond acceptors (Lipinski definition) is 4. The Balaban J connectivity index is 1.13. The molecule has 0 fully saturated rings. The van der Waals surface area contributed by atoms with Gasteiger partial charge in [0.25, 0.3) is 0 Å². The van der Waals surface area contributed by atoms with Gasteiger partial charge >= 0.3 is 0 Å². The van der Waals surface area contributed by atoms with Crippen molar-refractivity contribution in [2.75, 3.05) is 10.2 Å². The number of benzene rings is 7. The average Bonchev–Trinajstić information content (AvgIpc) is 3.82. The van der Waals surface area contributed by atoms with E-state index in [1.807, 2.05) is 23.1 Å². The second-order valence-corrected chi connectivity index (χ2v) is 16.0. The second-order valence-electron chi connectivity index (χ2n) is 13.8. The fourth-order valence-corrected chi connectivity index (χ4v) is 10.4. The molecule has 1 N–H and O–H groups in total. The fourth-order valence-electron chi connectivity index (χ4n) is 7.96. The first-order chi connectivity index (χ1) is 24.5. The zero-order valence-electron chi connectivity index (χ0n) is 27.9. The van der Waals surface area contributed by atoms with Gasteiger partial charge in [0.1, 0.15) is 5.37 Å². The van der Waals surface area contributed by atoms with E-state index in [-0.39, 0.29) is 10.8 Å². The first kappa shape index (κ1) is 29.6. The van der Waals surface area contributed by atoms with Crippen LogP contribution in [0.15, 0.2) is 163 Å². The predicted octanol–water partition coefficient (Wildman–Crippen LogP) is 13.7. The van der Waals surface area contributed by atoms with E-state index in [1.54, 1.807) is 0 Å². The lowest BCUT2D eigenvalue weighted by atomic mass is 9.82. The molecular weight excluding hydrogens is 645 g/mol. The summed E-state index contributed by atoms with van der Waals surface area (Å²) in [7, 11) is 0. The standard InChI is InChI=1S/C46H34N2S2/c1-46(2)38-18-10-9-16-34(38)35-25-24-33(26-39(35)46)48(32-22-20-30(21-23-32)29-12-5-3-6-13-29)41-19-11-17-36-37-27-43-40(28-42(37)49-44(36)41)47-45(50-43)31-14-7-4-8-15-31/h3-28,45,47H,1-2H3. The Morgan fingerprint density at radius 1 is 0.580 bits per heavy atom. The Kier molecular flexibility index (Phi) is 6.74. The minimum atomic E-state index is -0.0861. The van der Waals surface area contributed by atoms with E-state index in [4.69, 9.17) is 0 Å². The number of rotatable bonds is 5. The van der Waals surface area contributed by atoms with Crippen LogP contribution in [0, 0.1) is 0 Å².